The summed E-state index contributed by atoms with van der Waals surface area (Å²) < 4.78 is 18.4. The van der Waals surface area contributed by atoms with Crippen molar-refractivity contribution in [2.24, 2.45) is 5.41 Å². The second-order valence-corrected chi connectivity index (χ2v) is 5.17. The lowest BCUT2D eigenvalue weighted by atomic mass is 9.73. The highest BCUT2D eigenvalue weighted by Crippen LogP contribution is 2.42. The van der Waals surface area contributed by atoms with Crippen molar-refractivity contribution >= 4 is 0 Å². The Morgan fingerprint density at radius 1 is 1.19 bits per heavy atom. The number of methoxy groups -OCH3 is 1. The third-order valence-corrected chi connectivity index (χ3v) is 3.15. The van der Waals surface area contributed by atoms with Crippen LogP contribution in [0.25, 0.3) is 0 Å². The predicted octanol–water partition coefficient (Wildman–Crippen LogP) is 3.09. The Balaban J connectivity index is 3.36. The Hall–Kier alpha value is -1.09. The van der Waals surface area contributed by atoms with Crippen molar-refractivity contribution in [1.29, 1.82) is 0 Å². The topological polar surface area (TPSA) is 29.5 Å². The average molecular weight is 226 g/mol. The van der Waals surface area contributed by atoms with E-state index in [1.807, 2.05) is 20.8 Å². The van der Waals surface area contributed by atoms with E-state index < -0.39 is 11.0 Å². The van der Waals surface area contributed by atoms with Gasteiger partial charge in [0.2, 0.25) is 0 Å². The molecule has 1 rings (SSSR count). The van der Waals surface area contributed by atoms with Crippen molar-refractivity contribution in [3.05, 3.63) is 29.6 Å². The molecule has 90 valence electrons. The molecule has 0 aliphatic rings. The van der Waals surface area contributed by atoms with E-state index in [9.17, 15) is 9.50 Å². The first-order valence-corrected chi connectivity index (χ1v) is 5.26. The zero-order chi connectivity index (χ0) is 12.6. The van der Waals surface area contributed by atoms with Crippen molar-refractivity contribution in [1.82, 2.24) is 0 Å². The van der Waals surface area contributed by atoms with Gasteiger partial charge in [-0.05, 0) is 30.5 Å². The Bertz CT molecular complexity index is 378. The van der Waals surface area contributed by atoms with Crippen molar-refractivity contribution < 1.29 is 14.2 Å². The molecule has 1 N–H and O–H groups in total. The molecule has 0 radical (unpaired) electrons. The molecular formula is C13H19FO2. The molecule has 0 aliphatic carbocycles. The summed E-state index contributed by atoms with van der Waals surface area (Å²) in [5.74, 6) is 0.127. The summed E-state index contributed by atoms with van der Waals surface area (Å²) in [5.41, 5.74) is -1.09. The van der Waals surface area contributed by atoms with Gasteiger partial charge < -0.3 is 9.84 Å². The maximum absolute atomic E-state index is 13.2. The quantitative estimate of drug-likeness (QED) is 0.839. The molecule has 1 aromatic carbocycles. The average Bonchev–Trinajstić information content (AvgIpc) is 2.16. The van der Waals surface area contributed by atoms with E-state index >= 15 is 0 Å². The van der Waals surface area contributed by atoms with Gasteiger partial charge in [-0.25, -0.2) is 4.39 Å². The van der Waals surface area contributed by atoms with Crippen LogP contribution in [0.1, 0.15) is 33.3 Å². The largest absolute Gasteiger partial charge is 0.496 e. The molecular weight excluding hydrogens is 207 g/mol. The van der Waals surface area contributed by atoms with Gasteiger partial charge >= 0.3 is 0 Å². The fourth-order valence-corrected chi connectivity index (χ4v) is 1.46. The minimum absolute atomic E-state index is 0.375. The lowest BCUT2D eigenvalue weighted by Crippen LogP contribution is -2.37. The highest BCUT2D eigenvalue weighted by Gasteiger charge is 2.39. The molecule has 0 heterocycles. The highest BCUT2D eigenvalue weighted by atomic mass is 19.1. The molecule has 0 bridgehead atoms. The number of rotatable bonds is 2. The number of hydrogen-bond acceptors (Lipinski definition) is 2. The van der Waals surface area contributed by atoms with Gasteiger partial charge in [-0.15, -0.1) is 0 Å². The summed E-state index contributed by atoms with van der Waals surface area (Å²) >= 11 is 0. The standard InChI is InChI=1S/C13H19FO2/c1-12(2,3)13(4,15)10-8-9(14)6-7-11(10)16-5/h6-8,15H,1-5H3. The fraction of sp³-hybridized carbons (Fsp3) is 0.538. The molecule has 1 atom stereocenters. The van der Waals surface area contributed by atoms with Crippen LogP contribution in [0.5, 0.6) is 5.75 Å². The Morgan fingerprint density at radius 3 is 2.19 bits per heavy atom. The number of benzene rings is 1. The monoisotopic (exact) mass is 226 g/mol. The number of hydrogen-bond donors (Lipinski definition) is 1. The SMILES string of the molecule is COc1ccc(F)cc1C(C)(O)C(C)(C)C. The van der Waals surface area contributed by atoms with Crippen LogP contribution in [0.15, 0.2) is 18.2 Å². The van der Waals surface area contributed by atoms with Crippen molar-refractivity contribution in [2.75, 3.05) is 7.11 Å². The third kappa shape index (κ3) is 2.19. The molecule has 0 aromatic heterocycles. The Morgan fingerprint density at radius 2 is 1.75 bits per heavy atom. The Labute approximate surface area is 96.1 Å². The van der Waals surface area contributed by atoms with Gasteiger partial charge in [0.15, 0.2) is 0 Å². The number of aliphatic hydroxyl groups is 1. The maximum atomic E-state index is 13.2. The second-order valence-electron chi connectivity index (χ2n) is 5.17. The Kier molecular flexibility index (Phi) is 3.29. The zero-order valence-corrected chi connectivity index (χ0v) is 10.5. The molecule has 0 spiro atoms. The van der Waals surface area contributed by atoms with E-state index in [0.717, 1.165) is 0 Å². The molecule has 3 heteroatoms. The van der Waals surface area contributed by atoms with Crippen LogP contribution >= 0.6 is 0 Å². The lowest BCUT2D eigenvalue weighted by molar-refractivity contribution is -0.0487. The minimum Gasteiger partial charge on any atom is -0.496 e. The lowest BCUT2D eigenvalue weighted by Gasteiger charge is -2.38. The van der Waals surface area contributed by atoms with E-state index in [1.165, 1.54) is 25.3 Å². The molecule has 2 nitrogen and oxygen atoms in total. The van der Waals surface area contributed by atoms with Crippen LogP contribution in [0.4, 0.5) is 4.39 Å². The van der Waals surface area contributed by atoms with Crippen molar-refractivity contribution in [3.8, 4) is 5.75 Å². The first kappa shape index (κ1) is 13.0. The van der Waals surface area contributed by atoms with E-state index in [0.29, 0.717) is 11.3 Å². The molecule has 1 aromatic rings. The predicted molar refractivity (Wildman–Crippen MR) is 62.0 cm³/mol. The summed E-state index contributed by atoms with van der Waals surface area (Å²) in [6.07, 6.45) is 0. The number of halogens is 1. The minimum atomic E-state index is -1.15. The van der Waals surface area contributed by atoms with Gasteiger partial charge in [0.05, 0.1) is 12.7 Å². The van der Waals surface area contributed by atoms with E-state index in [-0.39, 0.29) is 5.82 Å². The van der Waals surface area contributed by atoms with Gasteiger partial charge in [0.25, 0.3) is 0 Å². The van der Waals surface area contributed by atoms with E-state index in [1.54, 1.807) is 6.92 Å². The zero-order valence-electron chi connectivity index (χ0n) is 10.5. The van der Waals surface area contributed by atoms with E-state index in [2.05, 4.69) is 0 Å². The van der Waals surface area contributed by atoms with Crippen LogP contribution in [-0.4, -0.2) is 12.2 Å². The molecule has 0 saturated carbocycles. The van der Waals surface area contributed by atoms with Crippen molar-refractivity contribution in [3.63, 3.8) is 0 Å². The summed E-state index contributed by atoms with van der Waals surface area (Å²) in [5, 5.41) is 10.5. The smallest absolute Gasteiger partial charge is 0.125 e. The van der Waals surface area contributed by atoms with Crippen LogP contribution in [0.2, 0.25) is 0 Å². The van der Waals surface area contributed by atoms with Crippen LogP contribution < -0.4 is 4.74 Å². The molecule has 0 amide bonds. The summed E-state index contributed by atoms with van der Waals surface area (Å²) in [6.45, 7) is 7.37. The van der Waals surface area contributed by atoms with Gasteiger partial charge in [-0.2, -0.15) is 0 Å². The normalized spacial score (nSPS) is 15.7. The molecule has 16 heavy (non-hydrogen) atoms. The third-order valence-electron chi connectivity index (χ3n) is 3.15. The molecule has 0 fully saturated rings. The number of ether oxygens (including phenoxy) is 1. The van der Waals surface area contributed by atoms with Gasteiger partial charge in [-0.3, -0.25) is 0 Å². The summed E-state index contributed by atoms with van der Waals surface area (Å²) in [4.78, 5) is 0. The van der Waals surface area contributed by atoms with Gasteiger partial charge in [-0.1, -0.05) is 20.8 Å². The van der Waals surface area contributed by atoms with Crippen LogP contribution in [0.3, 0.4) is 0 Å². The second kappa shape index (κ2) is 4.06. The molecule has 0 saturated heterocycles. The fourth-order valence-electron chi connectivity index (χ4n) is 1.46. The first-order chi connectivity index (χ1) is 7.20. The summed E-state index contributed by atoms with van der Waals surface area (Å²) in [6, 6.07) is 4.18. The maximum Gasteiger partial charge on any atom is 0.125 e. The van der Waals surface area contributed by atoms with Gasteiger partial charge in [0, 0.05) is 5.56 Å². The van der Waals surface area contributed by atoms with Crippen LogP contribution in [-0.2, 0) is 5.60 Å². The molecule has 1 unspecified atom stereocenters. The summed E-state index contributed by atoms with van der Waals surface area (Å²) in [7, 11) is 1.51. The van der Waals surface area contributed by atoms with Gasteiger partial charge in [0.1, 0.15) is 11.6 Å². The van der Waals surface area contributed by atoms with Crippen molar-refractivity contribution in [2.45, 2.75) is 33.3 Å². The highest BCUT2D eigenvalue weighted by molar-refractivity contribution is 5.39. The van der Waals surface area contributed by atoms with Crippen LogP contribution in [0, 0.1) is 11.2 Å². The molecule has 0 aliphatic heterocycles. The van der Waals surface area contributed by atoms with E-state index in [4.69, 9.17) is 4.74 Å². The first-order valence-electron chi connectivity index (χ1n) is 5.26.